The number of hydrogen-bond acceptors (Lipinski definition) is 4. The standard InChI is InChI=1S/C14H20N4O/c1-4-18-9-11(8-16-18)10-19-14-7-12(17(2)3)5-6-13(14)15/h5-9H,4,10,15H2,1-3H3. The van der Waals surface area contributed by atoms with Crippen molar-refractivity contribution in [1.29, 1.82) is 0 Å². The molecule has 0 saturated heterocycles. The average molecular weight is 260 g/mol. The summed E-state index contributed by atoms with van der Waals surface area (Å²) in [5, 5.41) is 4.21. The van der Waals surface area contributed by atoms with Crippen molar-refractivity contribution in [3.63, 3.8) is 0 Å². The van der Waals surface area contributed by atoms with Crippen LogP contribution in [0.1, 0.15) is 12.5 Å². The molecule has 0 unspecified atom stereocenters. The summed E-state index contributed by atoms with van der Waals surface area (Å²) in [4.78, 5) is 2.02. The van der Waals surface area contributed by atoms with Crippen LogP contribution in [0.4, 0.5) is 11.4 Å². The number of nitrogens with two attached hydrogens (primary N) is 1. The molecular weight excluding hydrogens is 240 g/mol. The lowest BCUT2D eigenvalue weighted by Gasteiger charge is -2.15. The van der Waals surface area contributed by atoms with Gasteiger partial charge in [0.15, 0.2) is 0 Å². The van der Waals surface area contributed by atoms with Gasteiger partial charge in [0.1, 0.15) is 12.4 Å². The van der Waals surface area contributed by atoms with Crippen LogP contribution >= 0.6 is 0 Å². The highest BCUT2D eigenvalue weighted by Crippen LogP contribution is 2.27. The van der Waals surface area contributed by atoms with Crippen LogP contribution in [0.2, 0.25) is 0 Å². The van der Waals surface area contributed by atoms with E-state index >= 15 is 0 Å². The molecule has 0 saturated carbocycles. The molecule has 0 radical (unpaired) electrons. The molecule has 5 heteroatoms. The van der Waals surface area contributed by atoms with Gasteiger partial charge in [-0.05, 0) is 19.1 Å². The Morgan fingerprint density at radius 2 is 2.16 bits per heavy atom. The second-order valence-electron chi connectivity index (χ2n) is 4.61. The average Bonchev–Trinajstić information content (AvgIpc) is 2.85. The van der Waals surface area contributed by atoms with E-state index in [-0.39, 0.29) is 0 Å². The van der Waals surface area contributed by atoms with Crippen molar-refractivity contribution in [2.75, 3.05) is 24.7 Å². The van der Waals surface area contributed by atoms with Gasteiger partial charge in [0.2, 0.25) is 0 Å². The summed E-state index contributed by atoms with van der Waals surface area (Å²) in [7, 11) is 3.97. The van der Waals surface area contributed by atoms with Gasteiger partial charge in [-0.1, -0.05) is 0 Å². The van der Waals surface area contributed by atoms with Crippen LogP contribution in [0.5, 0.6) is 5.75 Å². The summed E-state index contributed by atoms with van der Waals surface area (Å²) in [5.74, 6) is 0.704. The van der Waals surface area contributed by atoms with Crippen LogP contribution in [0.3, 0.4) is 0 Å². The largest absolute Gasteiger partial charge is 0.487 e. The first-order valence-electron chi connectivity index (χ1n) is 6.31. The predicted octanol–water partition coefficient (Wildman–Crippen LogP) is 2.13. The third-order valence-electron chi connectivity index (χ3n) is 2.92. The molecule has 102 valence electrons. The molecule has 0 aliphatic rings. The topological polar surface area (TPSA) is 56.3 Å². The first kappa shape index (κ1) is 13.3. The number of nitrogens with zero attached hydrogens (tertiary/aromatic N) is 3. The number of ether oxygens (including phenoxy) is 1. The molecule has 0 aliphatic heterocycles. The van der Waals surface area contributed by atoms with Gasteiger partial charge < -0.3 is 15.4 Å². The van der Waals surface area contributed by atoms with Gasteiger partial charge in [0.25, 0.3) is 0 Å². The van der Waals surface area contributed by atoms with Gasteiger partial charge in [-0.25, -0.2) is 0 Å². The molecule has 1 aromatic heterocycles. The van der Waals surface area contributed by atoms with Gasteiger partial charge in [-0.15, -0.1) is 0 Å². The third-order valence-corrected chi connectivity index (χ3v) is 2.92. The number of aryl methyl sites for hydroxylation is 1. The molecule has 5 nitrogen and oxygen atoms in total. The van der Waals surface area contributed by atoms with Crippen LogP contribution in [0, 0.1) is 0 Å². The van der Waals surface area contributed by atoms with Crippen molar-refractivity contribution in [3.05, 3.63) is 36.2 Å². The second kappa shape index (κ2) is 5.65. The summed E-state index contributed by atoms with van der Waals surface area (Å²) in [5.41, 5.74) is 8.67. The van der Waals surface area contributed by atoms with E-state index in [0.29, 0.717) is 18.0 Å². The Kier molecular flexibility index (Phi) is 3.94. The summed E-state index contributed by atoms with van der Waals surface area (Å²) < 4.78 is 7.64. The Hall–Kier alpha value is -2.17. The van der Waals surface area contributed by atoms with E-state index in [1.54, 1.807) is 0 Å². The normalized spacial score (nSPS) is 10.5. The molecule has 1 aromatic carbocycles. The number of hydrogen-bond donors (Lipinski definition) is 1. The summed E-state index contributed by atoms with van der Waals surface area (Å²) in [6.07, 6.45) is 3.79. The van der Waals surface area contributed by atoms with E-state index in [4.69, 9.17) is 10.5 Å². The van der Waals surface area contributed by atoms with E-state index in [9.17, 15) is 0 Å². The highest BCUT2D eigenvalue weighted by molar-refractivity contribution is 5.61. The Morgan fingerprint density at radius 3 is 2.79 bits per heavy atom. The fourth-order valence-electron chi connectivity index (χ4n) is 1.74. The molecule has 2 N–H and O–H groups in total. The van der Waals surface area contributed by atoms with Gasteiger partial charge in [0.05, 0.1) is 11.9 Å². The maximum atomic E-state index is 5.92. The fraction of sp³-hybridized carbons (Fsp3) is 0.357. The van der Waals surface area contributed by atoms with E-state index in [1.807, 2.05) is 54.3 Å². The molecule has 2 rings (SSSR count). The van der Waals surface area contributed by atoms with E-state index in [2.05, 4.69) is 12.0 Å². The Morgan fingerprint density at radius 1 is 1.37 bits per heavy atom. The summed E-state index contributed by atoms with van der Waals surface area (Å²) >= 11 is 0. The van der Waals surface area contributed by atoms with Gasteiger partial charge in [0, 0.05) is 44.2 Å². The van der Waals surface area contributed by atoms with E-state index < -0.39 is 0 Å². The lowest BCUT2D eigenvalue weighted by molar-refractivity contribution is 0.308. The Balaban J connectivity index is 2.08. The quantitative estimate of drug-likeness (QED) is 0.837. The SMILES string of the molecule is CCn1cc(COc2cc(N(C)C)ccc2N)cn1. The number of anilines is 2. The van der Waals surface area contributed by atoms with E-state index in [1.165, 1.54) is 0 Å². The zero-order valence-corrected chi connectivity index (χ0v) is 11.6. The molecule has 0 amide bonds. The fourth-order valence-corrected chi connectivity index (χ4v) is 1.74. The minimum atomic E-state index is 0.473. The molecule has 1 heterocycles. The number of nitrogen functional groups attached to an aromatic ring is 1. The lowest BCUT2D eigenvalue weighted by Crippen LogP contribution is -2.09. The minimum Gasteiger partial charge on any atom is -0.487 e. The maximum Gasteiger partial charge on any atom is 0.144 e. The Bertz CT molecular complexity index is 548. The molecular formula is C14H20N4O. The van der Waals surface area contributed by atoms with Crippen LogP contribution in [-0.2, 0) is 13.2 Å². The van der Waals surface area contributed by atoms with Crippen molar-refractivity contribution in [1.82, 2.24) is 9.78 Å². The van der Waals surface area contributed by atoms with Crippen LogP contribution in [-0.4, -0.2) is 23.9 Å². The van der Waals surface area contributed by atoms with Gasteiger partial charge >= 0.3 is 0 Å². The highest BCUT2D eigenvalue weighted by Gasteiger charge is 2.05. The molecule has 0 aliphatic carbocycles. The Labute approximate surface area is 113 Å². The van der Waals surface area contributed by atoms with Crippen LogP contribution in [0.25, 0.3) is 0 Å². The first-order chi connectivity index (χ1) is 9.10. The molecule has 0 atom stereocenters. The molecule has 0 spiro atoms. The second-order valence-corrected chi connectivity index (χ2v) is 4.61. The molecule has 0 bridgehead atoms. The summed E-state index contributed by atoms with van der Waals surface area (Å²) in [6, 6.07) is 5.77. The van der Waals surface area contributed by atoms with Crippen molar-refractivity contribution in [3.8, 4) is 5.75 Å². The minimum absolute atomic E-state index is 0.473. The van der Waals surface area contributed by atoms with E-state index in [0.717, 1.165) is 17.8 Å². The molecule has 2 aromatic rings. The van der Waals surface area contributed by atoms with Crippen LogP contribution in [0.15, 0.2) is 30.6 Å². The summed E-state index contributed by atoms with van der Waals surface area (Å²) in [6.45, 7) is 3.38. The molecule has 19 heavy (non-hydrogen) atoms. The molecule has 0 fully saturated rings. The van der Waals surface area contributed by atoms with Gasteiger partial charge in [-0.3, -0.25) is 4.68 Å². The van der Waals surface area contributed by atoms with Crippen molar-refractivity contribution < 1.29 is 4.74 Å². The number of aromatic nitrogens is 2. The van der Waals surface area contributed by atoms with Crippen molar-refractivity contribution in [2.24, 2.45) is 0 Å². The zero-order chi connectivity index (χ0) is 13.8. The third kappa shape index (κ3) is 3.19. The predicted molar refractivity (Wildman–Crippen MR) is 77.4 cm³/mol. The van der Waals surface area contributed by atoms with Gasteiger partial charge in [-0.2, -0.15) is 5.10 Å². The number of rotatable bonds is 5. The van der Waals surface area contributed by atoms with Crippen LogP contribution < -0.4 is 15.4 Å². The van der Waals surface area contributed by atoms with Crippen molar-refractivity contribution >= 4 is 11.4 Å². The maximum absolute atomic E-state index is 5.92. The highest BCUT2D eigenvalue weighted by atomic mass is 16.5. The van der Waals surface area contributed by atoms with Crippen molar-refractivity contribution in [2.45, 2.75) is 20.1 Å². The lowest BCUT2D eigenvalue weighted by atomic mass is 10.2. The smallest absolute Gasteiger partial charge is 0.144 e. The number of benzene rings is 1. The first-order valence-corrected chi connectivity index (χ1v) is 6.31. The zero-order valence-electron chi connectivity index (χ0n) is 11.6. The monoisotopic (exact) mass is 260 g/mol.